The van der Waals surface area contributed by atoms with Crippen molar-refractivity contribution in [3.63, 3.8) is 0 Å². The Bertz CT molecular complexity index is 3260. The van der Waals surface area contributed by atoms with Gasteiger partial charge >= 0.3 is 0 Å². The van der Waals surface area contributed by atoms with Crippen molar-refractivity contribution in [2.24, 2.45) is 129 Å². The molecule has 13 aliphatic rings. The largest absolute Gasteiger partial charge is 0.384 e. The molecule has 13 aliphatic carbocycles. The summed E-state index contributed by atoms with van der Waals surface area (Å²) in [7, 11) is 0. The number of aliphatic hydroxyl groups is 3. The third kappa shape index (κ3) is 14.9. The molecule has 0 amide bonds. The van der Waals surface area contributed by atoms with Crippen LogP contribution in [0.1, 0.15) is 249 Å². The number of ketones is 3. The van der Waals surface area contributed by atoms with Gasteiger partial charge in [0.05, 0.1) is 18.6 Å². The summed E-state index contributed by atoms with van der Waals surface area (Å²) in [5.74, 6) is 20.9. The van der Waals surface area contributed by atoms with Gasteiger partial charge in [0.25, 0.3) is 6.43 Å². The summed E-state index contributed by atoms with van der Waals surface area (Å²) >= 11 is 5.61. The van der Waals surface area contributed by atoms with E-state index in [1.807, 2.05) is 41.5 Å². The number of hydrogen-bond acceptors (Lipinski definition) is 12. The first kappa shape index (κ1) is 74.8. The highest BCUT2D eigenvalue weighted by atomic mass is 35.5. The predicted octanol–water partition coefficient (Wildman–Crippen LogP) is 15.5. The minimum absolute atomic E-state index is 0.0457. The van der Waals surface area contributed by atoms with Gasteiger partial charge in [-0.05, 0) is 303 Å². The highest BCUT2D eigenvalue weighted by Crippen LogP contribution is 2.68. The summed E-state index contributed by atoms with van der Waals surface area (Å²) in [6.07, 6.45) is 37.2. The molecule has 18 heteroatoms. The Morgan fingerprint density at radius 1 is 0.439 bits per heavy atom. The fourth-order valence-electron chi connectivity index (χ4n) is 25.0. The van der Waals surface area contributed by atoms with Crippen molar-refractivity contribution in [2.45, 2.75) is 291 Å². The van der Waals surface area contributed by atoms with E-state index in [1.165, 1.54) is 70.6 Å². The molecule has 13 fully saturated rings. The number of hydrogen-bond donors (Lipinski definition) is 3. The maximum Gasteiger partial charge on any atom is 0.266 e. The van der Waals surface area contributed by atoms with Gasteiger partial charge in [0.2, 0.25) is 0 Å². The molecular formula is C80H120ClF2N9O6. The van der Waals surface area contributed by atoms with Crippen LogP contribution < -0.4 is 0 Å². The number of carbonyl (C=O) groups is 3. The standard InChI is InChI=1S/C27H37N3O2.C24H32ClN3O2.C23H33F2N3O2.3C2H6/c1-26-11-9-21-20-10-13-27(32,12-8-18-2-3-18)16-19(20)4-5-22(21)23(26)6-7-24(26)25(31)17-30-15-14-28-29-30;1-23-8-6-18-17-7-9-24(30,10-11-25)14-16(17)2-3-19(18)20(23)4-5-21(23)22(29)15-28-13-12-26-27-28;1-22-8-6-16-15-7-9-23(30,21(24)25)12-14(15)2-3-17(16)18(22)4-5-19(22)20(29)13-28-11-10-26-27-28;3*1-2/h14-15,18-24,32H,2-7,9-11,13,16-17H2,1H3;12-13,16-21,30H,2-9,14-15H2,1H3;10-11,14-19,21,30H,2-9,12-13H2,1H3;3*1-2H3/t19-,20+,21?,22?,23?,24-,26+,27-;16-,17+,18?,19?,20?,21-,23+,24+;14-,15+,16?,17?,18?,19-,22+,23-;;;/m111.../s1. The second kappa shape index (κ2) is 31.3. The number of nitrogens with zero attached hydrogens (tertiary/aromatic N) is 9. The van der Waals surface area contributed by atoms with Gasteiger partial charge < -0.3 is 15.3 Å². The van der Waals surface area contributed by atoms with Crippen LogP contribution in [0.2, 0.25) is 0 Å². The van der Waals surface area contributed by atoms with Crippen LogP contribution in [0.25, 0.3) is 0 Å². The molecule has 0 radical (unpaired) electrons. The molecule has 0 aliphatic heterocycles. The Labute approximate surface area is 589 Å². The first-order chi connectivity index (χ1) is 47.2. The minimum atomic E-state index is -2.64. The lowest BCUT2D eigenvalue weighted by molar-refractivity contribution is -0.160. The summed E-state index contributed by atoms with van der Waals surface area (Å²) in [6, 6.07) is 0. The predicted molar refractivity (Wildman–Crippen MR) is 376 cm³/mol. The summed E-state index contributed by atoms with van der Waals surface area (Å²) in [4.78, 5) is 39.5. The molecule has 16 rings (SSSR count). The summed E-state index contributed by atoms with van der Waals surface area (Å²) in [6.45, 7) is 20.2. The molecule has 24 atom stereocenters. The molecule has 3 heterocycles. The molecule has 9 unspecified atom stereocenters. The number of halogens is 3. The van der Waals surface area contributed by atoms with Gasteiger partial charge in [-0.3, -0.25) is 14.4 Å². The Hall–Kier alpha value is -4.42. The van der Waals surface area contributed by atoms with E-state index in [9.17, 15) is 38.5 Å². The molecule has 15 nitrogen and oxygen atoms in total. The third-order valence-electron chi connectivity index (χ3n) is 29.4. The summed E-state index contributed by atoms with van der Waals surface area (Å²) < 4.78 is 31.8. The Kier molecular flexibility index (Phi) is 23.9. The lowest BCUT2D eigenvalue weighted by Gasteiger charge is -2.57. The highest BCUT2D eigenvalue weighted by Gasteiger charge is 2.63. The maximum atomic E-state index is 13.4. The van der Waals surface area contributed by atoms with Gasteiger partial charge in [-0.15, -0.1) is 15.3 Å². The van der Waals surface area contributed by atoms with E-state index >= 15 is 0 Å². The van der Waals surface area contributed by atoms with Gasteiger partial charge in [0.1, 0.15) is 36.4 Å². The maximum absolute atomic E-state index is 13.4. The van der Waals surface area contributed by atoms with Gasteiger partial charge in [-0.25, -0.2) is 22.8 Å². The molecule has 13 saturated carbocycles. The highest BCUT2D eigenvalue weighted by molar-refractivity contribution is 6.30. The van der Waals surface area contributed by atoms with Crippen LogP contribution >= 0.6 is 11.6 Å². The number of fused-ring (bicyclic) bond motifs is 15. The van der Waals surface area contributed by atoms with E-state index in [4.69, 9.17) is 11.6 Å². The van der Waals surface area contributed by atoms with Crippen molar-refractivity contribution < 1.29 is 38.5 Å². The zero-order valence-corrected chi connectivity index (χ0v) is 61.6. The Balaban J connectivity index is 0.000000143. The van der Waals surface area contributed by atoms with Gasteiger partial charge in [0, 0.05) is 47.6 Å². The van der Waals surface area contributed by atoms with Gasteiger partial charge in [-0.2, -0.15) is 0 Å². The second-order valence-electron chi connectivity index (χ2n) is 33.5. The van der Waals surface area contributed by atoms with Crippen molar-refractivity contribution >= 4 is 29.0 Å². The van der Waals surface area contributed by atoms with Crippen LogP contribution in [0.15, 0.2) is 37.2 Å². The number of rotatable bonds is 10. The minimum Gasteiger partial charge on any atom is -0.384 e. The fourth-order valence-corrected chi connectivity index (χ4v) is 25.2. The van der Waals surface area contributed by atoms with E-state index < -0.39 is 23.2 Å². The Morgan fingerprint density at radius 2 is 0.776 bits per heavy atom. The van der Waals surface area contributed by atoms with Crippen LogP contribution in [-0.2, 0) is 34.0 Å². The zero-order chi connectivity index (χ0) is 70.0. The third-order valence-corrected chi connectivity index (χ3v) is 29.5. The van der Waals surface area contributed by atoms with Crippen LogP contribution in [0.4, 0.5) is 8.78 Å². The van der Waals surface area contributed by atoms with Crippen molar-refractivity contribution in [1.29, 1.82) is 0 Å². The molecular weight excluding hydrogens is 1260 g/mol. The summed E-state index contributed by atoms with van der Waals surface area (Å²) in [5, 5.41) is 58.2. The average molecular weight is 1380 g/mol. The van der Waals surface area contributed by atoms with Gasteiger partial charge in [0.15, 0.2) is 17.3 Å². The van der Waals surface area contributed by atoms with Crippen LogP contribution in [0.3, 0.4) is 0 Å². The van der Waals surface area contributed by atoms with E-state index in [2.05, 4.69) is 74.8 Å². The number of carbonyl (C=O) groups excluding carboxylic acids is 3. The fraction of sp³-hybridized carbons (Fsp3) is 0.838. The molecule has 3 aromatic rings. The normalized spacial score (nSPS) is 42.7. The topological polar surface area (TPSA) is 204 Å². The van der Waals surface area contributed by atoms with Crippen molar-refractivity contribution in [2.75, 3.05) is 0 Å². The van der Waals surface area contributed by atoms with Gasteiger partial charge in [-0.1, -0.05) is 95.7 Å². The van der Waals surface area contributed by atoms with E-state index in [1.54, 1.807) is 51.2 Å². The van der Waals surface area contributed by atoms with Crippen molar-refractivity contribution in [3.8, 4) is 23.1 Å². The van der Waals surface area contributed by atoms with Crippen LogP contribution in [0.5, 0.6) is 0 Å². The molecule has 3 aromatic heterocycles. The van der Waals surface area contributed by atoms with E-state index in [0.29, 0.717) is 90.4 Å². The molecule has 0 spiro atoms. The second-order valence-corrected chi connectivity index (χ2v) is 33.7. The first-order valence-corrected chi connectivity index (χ1v) is 39.8. The monoisotopic (exact) mass is 1380 g/mol. The lowest BCUT2D eigenvalue weighted by atomic mass is 9.49. The molecule has 98 heavy (non-hydrogen) atoms. The summed E-state index contributed by atoms with van der Waals surface area (Å²) in [5.41, 5.74) is -3.06. The Morgan fingerprint density at radius 3 is 1.10 bits per heavy atom. The molecule has 0 saturated heterocycles. The number of alkyl halides is 2. The van der Waals surface area contributed by atoms with Crippen molar-refractivity contribution in [1.82, 2.24) is 45.0 Å². The first-order valence-electron chi connectivity index (χ1n) is 39.4. The molecule has 0 bridgehead atoms. The number of aromatic nitrogens is 9. The van der Waals surface area contributed by atoms with Crippen molar-refractivity contribution in [3.05, 3.63) is 37.2 Å². The quantitative estimate of drug-likeness (QED) is 0.162. The van der Waals surface area contributed by atoms with Crippen LogP contribution in [0, 0.1) is 152 Å². The molecule has 542 valence electrons. The average Bonchev–Trinajstić information content (AvgIpc) is 1.51. The van der Waals surface area contributed by atoms with E-state index in [0.717, 1.165) is 132 Å². The number of Topliss-reactive ketones (excluding diaryl/α,β-unsaturated/α-hetero) is 3. The van der Waals surface area contributed by atoms with Crippen LogP contribution in [-0.4, -0.2) is 101 Å². The van der Waals surface area contributed by atoms with E-state index in [-0.39, 0.29) is 58.5 Å². The molecule has 0 aromatic carbocycles. The lowest BCUT2D eigenvalue weighted by Crippen LogP contribution is -2.53. The zero-order valence-electron chi connectivity index (χ0n) is 60.9. The SMILES string of the molecule is CC.CC.CC.C[C@]12CCC3C(CC[C@@H]4C[C@@](O)(C#CC5CC5)CC[C@H]34)C1CC[C@@H]2C(=O)Cn1ccnn1.C[C@]12CCC3C(CC[C@@H]4C[C@@](O)(C#CCl)CC[C@H]34)C1CC[C@@H]2C(=O)Cn1ccnn1.C[C@]12CCC3C(CC[C@@H]4C[C@@](O)(C(F)F)CC[C@H]34)C1CC[C@@H]2C(=O)Cn1ccnn1. The molecule has 3 N–H and O–H groups in total. The smallest absolute Gasteiger partial charge is 0.266 e.